The molecule has 0 aliphatic heterocycles. The molecule has 2 aromatic carbocycles. The first-order valence-electron chi connectivity index (χ1n) is 6.26. The second-order valence-electron chi connectivity index (χ2n) is 4.50. The standard InChI is InChI=1S/C16H17NO2S/c1-11-3-6-13(7-4-11)19-10-12-5-8-14(16(17)20)15(9-12)18-2/h3-9H,10H2,1-2H3,(H2,17,20). The molecule has 2 N–H and O–H groups in total. The molecule has 0 aromatic heterocycles. The van der Waals surface area contributed by atoms with Gasteiger partial charge in [0.15, 0.2) is 0 Å². The minimum atomic E-state index is 0.327. The molecule has 0 saturated heterocycles. The Balaban J connectivity index is 2.10. The average molecular weight is 287 g/mol. The lowest BCUT2D eigenvalue weighted by molar-refractivity contribution is 0.305. The van der Waals surface area contributed by atoms with Crippen LogP contribution in [0.25, 0.3) is 0 Å². The number of thiocarbonyl (C=S) groups is 1. The lowest BCUT2D eigenvalue weighted by atomic mass is 10.1. The van der Waals surface area contributed by atoms with Crippen molar-refractivity contribution in [1.82, 2.24) is 0 Å². The van der Waals surface area contributed by atoms with Gasteiger partial charge in [0.05, 0.1) is 12.7 Å². The summed E-state index contributed by atoms with van der Waals surface area (Å²) in [6, 6.07) is 13.6. The fraction of sp³-hybridized carbons (Fsp3) is 0.188. The predicted molar refractivity (Wildman–Crippen MR) is 84.4 cm³/mol. The molecule has 20 heavy (non-hydrogen) atoms. The molecular formula is C16H17NO2S. The average Bonchev–Trinajstić information content (AvgIpc) is 2.46. The smallest absolute Gasteiger partial charge is 0.129 e. The van der Waals surface area contributed by atoms with E-state index in [0.29, 0.717) is 17.3 Å². The first kappa shape index (κ1) is 14.3. The summed E-state index contributed by atoms with van der Waals surface area (Å²) in [5.41, 5.74) is 8.59. The van der Waals surface area contributed by atoms with Crippen molar-refractivity contribution in [1.29, 1.82) is 0 Å². The largest absolute Gasteiger partial charge is 0.496 e. The maximum absolute atomic E-state index is 5.73. The molecule has 0 radical (unpaired) electrons. The van der Waals surface area contributed by atoms with Crippen LogP contribution < -0.4 is 15.2 Å². The molecule has 0 unspecified atom stereocenters. The van der Waals surface area contributed by atoms with Crippen LogP contribution in [0.4, 0.5) is 0 Å². The molecule has 0 amide bonds. The fourth-order valence-electron chi connectivity index (χ4n) is 1.83. The summed E-state index contributed by atoms with van der Waals surface area (Å²) in [6.45, 7) is 2.51. The summed E-state index contributed by atoms with van der Waals surface area (Å²) in [7, 11) is 1.60. The fourth-order valence-corrected chi connectivity index (χ4v) is 2.00. The SMILES string of the molecule is COc1cc(COc2ccc(C)cc2)ccc1C(N)=S. The zero-order chi connectivity index (χ0) is 14.5. The van der Waals surface area contributed by atoms with Crippen molar-refractivity contribution in [3.8, 4) is 11.5 Å². The van der Waals surface area contributed by atoms with Gasteiger partial charge < -0.3 is 15.2 Å². The summed E-state index contributed by atoms with van der Waals surface area (Å²) in [4.78, 5) is 0.327. The van der Waals surface area contributed by atoms with E-state index < -0.39 is 0 Å². The van der Waals surface area contributed by atoms with Gasteiger partial charge in [-0.25, -0.2) is 0 Å². The van der Waals surface area contributed by atoms with Crippen molar-refractivity contribution in [2.24, 2.45) is 5.73 Å². The highest BCUT2D eigenvalue weighted by Crippen LogP contribution is 2.21. The van der Waals surface area contributed by atoms with E-state index in [1.165, 1.54) is 5.56 Å². The Morgan fingerprint density at radius 3 is 2.45 bits per heavy atom. The third kappa shape index (κ3) is 3.48. The Bertz CT molecular complexity index is 608. The van der Waals surface area contributed by atoms with Gasteiger partial charge in [0.1, 0.15) is 23.1 Å². The van der Waals surface area contributed by atoms with Crippen LogP contribution >= 0.6 is 12.2 Å². The first-order valence-corrected chi connectivity index (χ1v) is 6.67. The van der Waals surface area contributed by atoms with Crippen molar-refractivity contribution >= 4 is 17.2 Å². The summed E-state index contributed by atoms with van der Waals surface area (Å²) in [5, 5.41) is 0. The first-order chi connectivity index (χ1) is 9.60. The highest BCUT2D eigenvalue weighted by molar-refractivity contribution is 7.80. The number of methoxy groups -OCH3 is 1. The van der Waals surface area contributed by atoms with Gasteiger partial charge in [-0.2, -0.15) is 0 Å². The molecule has 0 atom stereocenters. The Morgan fingerprint density at radius 1 is 1.15 bits per heavy atom. The number of benzene rings is 2. The molecular weight excluding hydrogens is 270 g/mol. The second-order valence-corrected chi connectivity index (χ2v) is 4.94. The molecule has 0 bridgehead atoms. The molecule has 0 aliphatic rings. The molecule has 0 spiro atoms. The van der Waals surface area contributed by atoms with Crippen molar-refractivity contribution in [2.45, 2.75) is 13.5 Å². The summed E-state index contributed by atoms with van der Waals surface area (Å²) < 4.78 is 11.0. The third-order valence-electron chi connectivity index (χ3n) is 2.96. The van der Waals surface area contributed by atoms with E-state index in [9.17, 15) is 0 Å². The minimum Gasteiger partial charge on any atom is -0.496 e. The van der Waals surface area contributed by atoms with Gasteiger partial charge in [-0.1, -0.05) is 36.0 Å². The number of aryl methyl sites for hydroxylation is 1. The monoisotopic (exact) mass is 287 g/mol. The van der Waals surface area contributed by atoms with Crippen LogP contribution in [0.2, 0.25) is 0 Å². The highest BCUT2D eigenvalue weighted by atomic mass is 32.1. The van der Waals surface area contributed by atoms with Crippen molar-refractivity contribution in [3.63, 3.8) is 0 Å². The summed E-state index contributed by atoms with van der Waals surface area (Å²) >= 11 is 4.98. The molecule has 0 heterocycles. The van der Waals surface area contributed by atoms with Crippen LogP contribution in [0, 0.1) is 6.92 Å². The number of hydrogen-bond donors (Lipinski definition) is 1. The van der Waals surface area contributed by atoms with Crippen molar-refractivity contribution in [3.05, 3.63) is 59.2 Å². The van der Waals surface area contributed by atoms with Crippen LogP contribution in [0.3, 0.4) is 0 Å². The summed E-state index contributed by atoms with van der Waals surface area (Å²) in [5.74, 6) is 1.51. The lowest BCUT2D eigenvalue weighted by Crippen LogP contribution is -2.11. The van der Waals surface area contributed by atoms with Crippen LogP contribution in [-0.2, 0) is 6.61 Å². The minimum absolute atomic E-state index is 0.327. The van der Waals surface area contributed by atoms with Crippen LogP contribution in [0.15, 0.2) is 42.5 Å². The van der Waals surface area contributed by atoms with Gasteiger partial charge in [0.25, 0.3) is 0 Å². The van der Waals surface area contributed by atoms with Gasteiger partial charge >= 0.3 is 0 Å². The number of rotatable bonds is 5. The topological polar surface area (TPSA) is 44.5 Å². The zero-order valence-electron chi connectivity index (χ0n) is 11.6. The normalized spacial score (nSPS) is 10.1. The van der Waals surface area contributed by atoms with E-state index in [1.807, 2.05) is 49.4 Å². The van der Waals surface area contributed by atoms with Crippen molar-refractivity contribution < 1.29 is 9.47 Å². The Kier molecular flexibility index (Phi) is 4.58. The van der Waals surface area contributed by atoms with E-state index in [4.69, 9.17) is 27.4 Å². The van der Waals surface area contributed by atoms with Gasteiger partial charge in [0.2, 0.25) is 0 Å². The molecule has 3 nitrogen and oxygen atoms in total. The molecule has 2 aromatic rings. The van der Waals surface area contributed by atoms with E-state index in [-0.39, 0.29) is 0 Å². The molecule has 2 rings (SSSR count). The van der Waals surface area contributed by atoms with Crippen LogP contribution in [0.5, 0.6) is 11.5 Å². The number of ether oxygens (including phenoxy) is 2. The van der Waals surface area contributed by atoms with Crippen LogP contribution in [-0.4, -0.2) is 12.1 Å². The highest BCUT2D eigenvalue weighted by Gasteiger charge is 2.07. The lowest BCUT2D eigenvalue weighted by Gasteiger charge is -2.11. The maximum atomic E-state index is 5.73. The molecule has 0 saturated carbocycles. The van der Waals surface area contributed by atoms with Crippen molar-refractivity contribution in [2.75, 3.05) is 7.11 Å². The van der Waals surface area contributed by atoms with Gasteiger partial charge in [0, 0.05) is 0 Å². The Morgan fingerprint density at radius 2 is 1.85 bits per heavy atom. The van der Waals surface area contributed by atoms with E-state index >= 15 is 0 Å². The Hall–Kier alpha value is -2.07. The second kappa shape index (κ2) is 6.39. The van der Waals surface area contributed by atoms with E-state index in [0.717, 1.165) is 16.9 Å². The predicted octanol–water partition coefficient (Wildman–Crippen LogP) is 3.22. The zero-order valence-corrected chi connectivity index (χ0v) is 12.4. The van der Waals surface area contributed by atoms with Gasteiger partial charge in [-0.15, -0.1) is 0 Å². The molecule has 4 heteroatoms. The van der Waals surface area contributed by atoms with Gasteiger partial charge in [-0.3, -0.25) is 0 Å². The van der Waals surface area contributed by atoms with Crippen LogP contribution in [0.1, 0.15) is 16.7 Å². The third-order valence-corrected chi connectivity index (χ3v) is 3.18. The Labute approximate surface area is 124 Å². The van der Waals surface area contributed by atoms with E-state index in [2.05, 4.69) is 0 Å². The number of hydrogen-bond acceptors (Lipinski definition) is 3. The maximum Gasteiger partial charge on any atom is 0.129 e. The summed E-state index contributed by atoms with van der Waals surface area (Å²) in [6.07, 6.45) is 0. The van der Waals surface area contributed by atoms with E-state index in [1.54, 1.807) is 7.11 Å². The molecule has 0 fully saturated rings. The number of nitrogens with two attached hydrogens (primary N) is 1. The molecule has 0 aliphatic carbocycles. The van der Waals surface area contributed by atoms with Gasteiger partial charge in [-0.05, 0) is 36.8 Å². The quantitative estimate of drug-likeness (QED) is 0.858. The molecule has 104 valence electrons.